The van der Waals surface area contributed by atoms with Crippen molar-refractivity contribution in [1.29, 1.82) is 5.26 Å². The zero-order valence-electron chi connectivity index (χ0n) is 12.2. The molecule has 5 heteroatoms. The molecule has 0 unspecified atom stereocenters. The summed E-state index contributed by atoms with van der Waals surface area (Å²) in [6, 6.07) is 13.0. The van der Waals surface area contributed by atoms with Gasteiger partial charge in [-0.3, -0.25) is 0 Å². The summed E-state index contributed by atoms with van der Waals surface area (Å²) in [7, 11) is 2.32. The Morgan fingerprint density at radius 3 is 1.89 bits per heavy atom. The molecule has 4 nitrogen and oxygen atoms in total. The van der Waals surface area contributed by atoms with Crippen molar-refractivity contribution in [2.45, 2.75) is 25.8 Å². The first-order valence-corrected chi connectivity index (χ1v) is 8.11. The standard InChI is InChI=1S/C7H15NO3Si.C7H8/c1-9-12(10-2,11-3)7-5-4-6-8;1-7-5-3-2-4-6-7/h4-5,7H2,1-3H3;2-6H,1H3. The highest BCUT2D eigenvalue weighted by Crippen LogP contribution is 2.15. The van der Waals surface area contributed by atoms with Gasteiger partial charge in [-0.15, -0.1) is 0 Å². The lowest BCUT2D eigenvalue weighted by molar-refractivity contribution is 0.123. The van der Waals surface area contributed by atoms with E-state index in [0.717, 1.165) is 6.42 Å². The Hall–Kier alpha value is -1.19. The van der Waals surface area contributed by atoms with Crippen LogP contribution in [0.2, 0.25) is 6.04 Å². The summed E-state index contributed by atoms with van der Waals surface area (Å²) in [5.41, 5.74) is 1.32. The Balaban J connectivity index is 0.000000388. The van der Waals surface area contributed by atoms with Crippen LogP contribution >= 0.6 is 0 Å². The largest absolute Gasteiger partial charge is 0.500 e. The fraction of sp³-hybridized carbons (Fsp3) is 0.500. The van der Waals surface area contributed by atoms with Crippen LogP contribution in [0.1, 0.15) is 18.4 Å². The lowest BCUT2D eigenvalue weighted by atomic mass is 10.2. The lowest BCUT2D eigenvalue weighted by Gasteiger charge is -2.23. The van der Waals surface area contributed by atoms with Crippen molar-refractivity contribution in [2.75, 3.05) is 21.3 Å². The maximum absolute atomic E-state index is 8.32. The number of hydrogen-bond acceptors (Lipinski definition) is 4. The van der Waals surface area contributed by atoms with E-state index in [2.05, 4.69) is 25.1 Å². The second-order valence-electron chi connectivity index (χ2n) is 3.96. The third kappa shape index (κ3) is 7.75. The van der Waals surface area contributed by atoms with E-state index in [-0.39, 0.29) is 0 Å². The maximum atomic E-state index is 8.32. The summed E-state index contributed by atoms with van der Waals surface area (Å²) in [6.07, 6.45) is 1.28. The van der Waals surface area contributed by atoms with Crippen LogP contribution in [0.4, 0.5) is 0 Å². The zero-order valence-corrected chi connectivity index (χ0v) is 13.2. The molecular formula is C14H23NO3Si. The summed E-state index contributed by atoms with van der Waals surface area (Å²) < 4.78 is 15.5. The maximum Gasteiger partial charge on any atom is 0.500 e. The topological polar surface area (TPSA) is 51.5 Å². The van der Waals surface area contributed by atoms with E-state index in [1.54, 1.807) is 21.3 Å². The number of nitriles is 1. The van der Waals surface area contributed by atoms with Crippen molar-refractivity contribution in [2.24, 2.45) is 0 Å². The monoisotopic (exact) mass is 281 g/mol. The number of rotatable bonds is 6. The van der Waals surface area contributed by atoms with E-state index >= 15 is 0 Å². The molecule has 0 aliphatic heterocycles. The molecule has 19 heavy (non-hydrogen) atoms. The molecule has 0 saturated carbocycles. The van der Waals surface area contributed by atoms with Crippen molar-refractivity contribution in [3.8, 4) is 6.07 Å². The number of aryl methyl sites for hydroxylation is 1. The molecule has 0 N–H and O–H groups in total. The van der Waals surface area contributed by atoms with Gasteiger partial charge in [0, 0.05) is 33.8 Å². The van der Waals surface area contributed by atoms with Gasteiger partial charge in [-0.2, -0.15) is 5.26 Å². The summed E-state index contributed by atoms with van der Waals surface area (Å²) in [5.74, 6) is 0. The van der Waals surface area contributed by atoms with E-state index in [1.807, 2.05) is 18.2 Å². The van der Waals surface area contributed by atoms with E-state index in [4.69, 9.17) is 18.5 Å². The fourth-order valence-corrected chi connectivity index (χ4v) is 3.20. The van der Waals surface area contributed by atoms with Gasteiger partial charge in [-0.25, -0.2) is 0 Å². The molecule has 0 radical (unpaired) electrons. The molecule has 1 aromatic rings. The third-order valence-corrected chi connectivity index (χ3v) is 5.48. The van der Waals surface area contributed by atoms with E-state index < -0.39 is 8.80 Å². The van der Waals surface area contributed by atoms with Gasteiger partial charge < -0.3 is 13.3 Å². The van der Waals surface area contributed by atoms with Crippen LogP contribution in [-0.2, 0) is 13.3 Å². The van der Waals surface area contributed by atoms with Gasteiger partial charge in [0.2, 0.25) is 0 Å². The molecule has 0 aliphatic rings. The van der Waals surface area contributed by atoms with E-state index in [1.165, 1.54) is 5.56 Å². The Bertz CT molecular complexity index is 352. The van der Waals surface area contributed by atoms with Crippen LogP contribution in [0.15, 0.2) is 30.3 Å². The quantitative estimate of drug-likeness (QED) is 0.593. The molecule has 106 valence electrons. The number of hydrogen-bond donors (Lipinski definition) is 0. The minimum absolute atomic E-state index is 0.519. The van der Waals surface area contributed by atoms with Gasteiger partial charge >= 0.3 is 8.80 Å². The minimum atomic E-state index is -2.41. The Labute approximate surface area is 117 Å². The van der Waals surface area contributed by atoms with Crippen LogP contribution in [0, 0.1) is 18.3 Å². The zero-order chi connectivity index (χ0) is 14.6. The SMILES string of the molecule is CO[Si](CCCC#N)(OC)OC.Cc1ccccc1. The highest BCUT2D eigenvalue weighted by Gasteiger charge is 2.36. The molecule has 0 bridgehead atoms. The predicted molar refractivity (Wildman–Crippen MR) is 77.6 cm³/mol. The van der Waals surface area contributed by atoms with Crippen molar-refractivity contribution in [1.82, 2.24) is 0 Å². The van der Waals surface area contributed by atoms with Crippen LogP contribution in [0.5, 0.6) is 0 Å². The van der Waals surface area contributed by atoms with Crippen molar-refractivity contribution >= 4 is 8.80 Å². The summed E-state index contributed by atoms with van der Waals surface area (Å²) in [4.78, 5) is 0. The van der Waals surface area contributed by atoms with Crippen molar-refractivity contribution in [3.63, 3.8) is 0 Å². The molecule has 0 spiro atoms. The highest BCUT2D eigenvalue weighted by atomic mass is 28.4. The Kier molecular flexibility index (Phi) is 10.0. The summed E-state index contributed by atoms with van der Waals surface area (Å²) in [6.45, 7) is 2.08. The molecule has 1 rings (SSSR count). The average Bonchev–Trinajstić information content (AvgIpc) is 2.46. The first kappa shape index (κ1) is 17.8. The average molecular weight is 281 g/mol. The molecule has 0 aliphatic carbocycles. The predicted octanol–water partition coefficient (Wildman–Crippen LogP) is 3.16. The smallest absolute Gasteiger partial charge is 0.377 e. The number of nitrogens with zero attached hydrogens (tertiary/aromatic N) is 1. The molecule has 0 atom stereocenters. The summed E-state index contributed by atoms with van der Waals surface area (Å²) in [5, 5.41) is 8.32. The van der Waals surface area contributed by atoms with Gasteiger partial charge in [-0.1, -0.05) is 35.9 Å². The van der Waals surface area contributed by atoms with Crippen LogP contribution < -0.4 is 0 Å². The van der Waals surface area contributed by atoms with Gasteiger partial charge in [0.05, 0.1) is 6.07 Å². The molecule has 0 saturated heterocycles. The first-order chi connectivity index (χ1) is 9.14. The number of unbranched alkanes of at least 4 members (excludes halogenated alkanes) is 1. The Morgan fingerprint density at radius 2 is 1.58 bits per heavy atom. The Morgan fingerprint density at radius 1 is 1.05 bits per heavy atom. The van der Waals surface area contributed by atoms with Gasteiger partial charge in [0.15, 0.2) is 0 Å². The second-order valence-corrected chi connectivity index (χ2v) is 7.05. The van der Waals surface area contributed by atoms with Crippen LogP contribution in [0.3, 0.4) is 0 Å². The van der Waals surface area contributed by atoms with Crippen LogP contribution in [-0.4, -0.2) is 30.1 Å². The normalized spacial score (nSPS) is 10.3. The van der Waals surface area contributed by atoms with Crippen molar-refractivity contribution < 1.29 is 13.3 Å². The first-order valence-electron chi connectivity index (χ1n) is 6.18. The number of benzene rings is 1. The minimum Gasteiger partial charge on any atom is -0.377 e. The van der Waals surface area contributed by atoms with Gasteiger partial charge in [0.1, 0.15) is 0 Å². The third-order valence-electron chi connectivity index (χ3n) is 2.65. The van der Waals surface area contributed by atoms with Gasteiger partial charge in [-0.05, 0) is 13.3 Å². The molecule has 1 aromatic carbocycles. The van der Waals surface area contributed by atoms with E-state index in [0.29, 0.717) is 12.5 Å². The summed E-state index contributed by atoms with van der Waals surface area (Å²) >= 11 is 0. The molecule has 0 heterocycles. The highest BCUT2D eigenvalue weighted by molar-refractivity contribution is 6.60. The fourth-order valence-electron chi connectivity index (χ4n) is 1.47. The molecular weight excluding hydrogens is 258 g/mol. The van der Waals surface area contributed by atoms with Crippen LogP contribution in [0.25, 0.3) is 0 Å². The van der Waals surface area contributed by atoms with E-state index in [9.17, 15) is 0 Å². The molecule has 0 fully saturated rings. The van der Waals surface area contributed by atoms with Gasteiger partial charge in [0.25, 0.3) is 0 Å². The lowest BCUT2D eigenvalue weighted by Crippen LogP contribution is -2.42. The molecule has 0 aromatic heterocycles. The van der Waals surface area contributed by atoms with Crippen molar-refractivity contribution in [3.05, 3.63) is 35.9 Å². The second kappa shape index (κ2) is 10.7. The molecule has 0 amide bonds.